The van der Waals surface area contributed by atoms with Crippen LogP contribution in [-0.2, 0) is 14.4 Å². The molecule has 0 spiro atoms. The second-order valence-electron chi connectivity index (χ2n) is 6.54. The van der Waals surface area contributed by atoms with Gasteiger partial charge >= 0.3 is 5.97 Å². The van der Waals surface area contributed by atoms with Crippen molar-refractivity contribution in [3.63, 3.8) is 0 Å². The normalized spacial score (nSPS) is 27.4. The van der Waals surface area contributed by atoms with Crippen molar-refractivity contribution >= 4 is 23.5 Å². The summed E-state index contributed by atoms with van der Waals surface area (Å²) in [6.07, 6.45) is 7.16. The van der Waals surface area contributed by atoms with Gasteiger partial charge in [0.15, 0.2) is 0 Å². The van der Waals surface area contributed by atoms with Gasteiger partial charge in [0.1, 0.15) is 0 Å². The van der Waals surface area contributed by atoms with Crippen LogP contribution in [0.3, 0.4) is 0 Å². The molecule has 7 heteroatoms. The van der Waals surface area contributed by atoms with Crippen LogP contribution in [0.25, 0.3) is 0 Å². The number of hydrogen-bond acceptors (Lipinski definition) is 5. The van der Waals surface area contributed by atoms with Gasteiger partial charge in [-0.3, -0.25) is 24.7 Å². The lowest BCUT2D eigenvalue weighted by atomic mass is 9.86. The molecule has 7 nitrogen and oxygen atoms in total. The first-order chi connectivity index (χ1) is 11.5. The summed E-state index contributed by atoms with van der Waals surface area (Å²) in [5.74, 6) is -1.80. The van der Waals surface area contributed by atoms with Gasteiger partial charge in [-0.2, -0.15) is 0 Å². The minimum Gasteiger partial charge on any atom is -0.481 e. The van der Waals surface area contributed by atoms with Gasteiger partial charge in [-0.25, -0.2) is 0 Å². The van der Waals surface area contributed by atoms with E-state index in [1.54, 1.807) is 12.4 Å². The molecule has 0 bridgehead atoms. The molecule has 1 aromatic heterocycles. The van der Waals surface area contributed by atoms with Crippen molar-refractivity contribution in [1.82, 2.24) is 10.3 Å². The molecule has 1 aliphatic heterocycles. The van der Waals surface area contributed by atoms with Crippen molar-refractivity contribution in [3.05, 3.63) is 24.0 Å². The number of carboxylic acids is 1. The van der Waals surface area contributed by atoms with Crippen molar-refractivity contribution in [2.75, 3.05) is 5.32 Å². The molecule has 2 amide bonds. The Labute approximate surface area is 139 Å². The molecule has 1 atom stereocenters. The smallest absolute Gasteiger partial charge is 0.306 e. The van der Waals surface area contributed by atoms with Crippen LogP contribution >= 0.6 is 0 Å². The largest absolute Gasteiger partial charge is 0.481 e. The minimum atomic E-state index is -0.713. The maximum atomic E-state index is 12.0. The molecule has 2 fully saturated rings. The fourth-order valence-corrected chi connectivity index (χ4v) is 3.46. The molecule has 1 saturated heterocycles. The number of nitrogens with zero attached hydrogens (tertiary/aromatic N) is 1. The number of piperidine rings is 1. The summed E-state index contributed by atoms with van der Waals surface area (Å²) in [6, 6.07) is 2.12. The Kier molecular flexibility index (Phi) is 4.78. The highest BCUT2D eigenvalue weighted by molar-refractivity contribution is 6.00. The van der Waals surface area contributed by atoms with Crippen LogP contribution < -0.4 is 10.6 Å². The number of amides is 2. The van der Waals surface area contributed by atoms with Crippen molar-refractivity contribution in [3.8, 4) is 0 Å². The van der Waals surface area contributed by atoms with Crippen molar-refractivity contribution in [2.45, 2.75) is 50.5 Å². The molecular weight excluding hydrogens is 310 g/mol. The molecule has 3 rings (SSSR count). The van der Waals surface area contributed by atoms with Crippen LogP contribution in [0.1, 0.15) is 50.0 Å². The van der Waals surface area contributed by atoms with Crippen molar-refractivity contribution in [1.29, 1.82) is 0 Å². The molecule has 1 unspecified atom stereocenters. The second-order valence-corrected chi connectivity index (χ2v) is 6.54. The summed E-state index contributed by atoms with van der Waals surface area (Å²) in [4.78, 5) is 38.4. The number of pyridine rings is 1. The van der Waals surface area contributed by atoms with E-state index in [1.807, 2.05) is 6.07 Å². The summed E-state index contributed by atoms with van der Waals surface area (Å²) in [5.41, 5.74) is 1.63. The van der Waals surface area contributed by atoms with Gasteiger partial charge < -0.3 is 10.4 Å². The van der Waals surface area contributed by atoms with Gasteiger partial charge in [0.2, 0.25) is 11.8 Å². The third-order valence-electron chi connectivity index (χ3n) is 4.85. The lowest BCUT2D eigenvalue weighted by Gasteiger charge is -2.28. The van der Waals surface area contributed by atoms with Gasteiger partial charge in [-0.15, -0.1) is 0 Å². The van der Waals surface area contributed by atoms with Gasteiger partial charge in [0.05, 0.1) is 17.5 Å². The van der Waals surface area contributed by atoms with Crippen LogP contribution in [0.5, 0.6) is 0 Å². The first-order valence-corrected chi connectivity index (χ1v) is 8.31. The molecule has 1 saturated carbocycles. The Balaban J connectivity index is 1.63. The molecule has 2 heterocycles. The Morgan fingerprint density at radius 3 is 2.58 bits per heavy atom. The molecule has 1 aromatic rings. The maximum absolute atomic E-state index is 12.0. The Morgan fingerprint density at radius 2 is 1.92 bits per heavy atom. The Bertz CT molecular complexity index is 653. The number of carboxylic acid groups (broad SMARTS) is 1. The van der Waals surface area contributed by atoms with Crippen LogP contribution in [0, 0.1) is 5.92 Å². The molecule has 1 aliphatic carbocycles. The van der Waals surface area contributed by atoms with E-state index in [0.29, 0.717) is 25.7 Å². The van der Waals surface area contributed by atoms with Crippen LogP contribution in [0.4, 0.5) is 5.69 Å². The zero-order valence-corrected chi connectivity index (χ0v) is 13.3. The topological polar surface area (TPSA) is 108 Å². The number of rotatable bonds is 4. The van der Waals surface area contributed by atoms with Gasteiger partial charge in [-0.1, -0.05) is 0 Å². The monoisotopic (exact) mass is 331 g/mol. The highest BCUT2D eigenvalue weighted by atomic mass is 16.4. The molecule has 128 valence electrons. The van der Waals surface area contributed by atoms with E-state index in [-0.39, 0.29) is 29.7 Å². The van der Waals surface area contributed by atoms with Gasteiger partial charge in [0.25, 0.3) is 0 Å². The summed E-state index contributed by atoms with van der Waals surface area (Å²) in [6.45, 7) is 0. The molecule has 0 aromatic carbocycles. The molecule has 24 heavy (non-hydrogen) atoms. The number of aliphatic carboxylic acids is 1. The number of anilines is 1. The van der Waals surface area contributed by atoms with E-state index in [1.165, 1.54) is 0 Å². The Morgan fingerprint density at radius 1 is 1.17 bits per heavy atom. The molecule has 3 N–H and O–H groups in total. The molecule has 2 aliphatic rings. The predicted octanol–water partition coefficient (Wildman–Crippen LogP) is 1.66. The third kappa shape index (κ3) is 3.72. The first-order valence-electron chi connectivity index (χ1n) is 8.31. The van der Waals surface area contributed by atoms with E-state index < -0.39 is 5.97 Å². The molecule has 0 radical (unpaired) electrons. The first kappa shape index (κ1) is 16.4. The summed E-state index contributed by atoms with van der Waals surface area (Å²) in [7, 11) is 0. The standard InChI is InChI=1S/C17H21N3O4/c21-15-6-5-14(16(22)20-15)11-7-13(9-18-8-11)19-12-3-1-10(2-4-12)17(23)24/h7-10,12,14,19H,1-6H2,(H,23,24)(H,20,21,22). The fraction of sp³-hybridized carbons (Fsp3) is 0.529. The van der Waals surface area contributed by atoms with E-state index >= 15 is 0 Å². The van der Waals surface area contributed by atoms with Crippen LogP contribution in [0.2, 0.25) is 0 Å². The van der Waals surface area contributed by atoms with Crippen molar-refractivity contribution < 1.29 is 19.5 Å². The average molecular weight is 331 g/mol. The zero-order chi connectivity index (χ0) is 17.1. The third-order valence-corrected chi connectivity index (χ3v) is 4.85. The van der Waals surface area contributed by atoms with E-state index in [4.69, 9.17) is 5.11 Å². The number of nitrogens with one attached hydrogen (secondary N) is 2. The minimum absolute atomic E-state index is 0.222. The average Bonchev–Trinajstić information content (AvgIpc) is 2.55. The fourth-order valence-electron chi connectivity index (χ4n) is 3.46. The number of aromatic nitrogens is 1. The van der Waals surface area contributed by atoms with Crippen molar-refractivity contribution in [2.24, 2.45) is 5.92 Å². The Hall–Kier alpha value is -2.44. The lowest BCUT2D eigenvalue weighted by molar-refractivity contribution is -0.143. The van der Waals surface area contributed by atoms with E-state index in [2.05, 4.69) is 15.6 Å². The van der Waals surface area contributed by atoms with E-state index in [9.17, 15) is 14.4 Å². The number of carbonyl (C=O) groups excluding carboxylic acids is 2. The SMILES string of the molecule is O=C1CCC(c2cncc(NC3CCC(C(=O)O)CC3)c2)C(=O)N1. The lowest BCUT2D eigenvalue weighted by Crippen LogP contribution is -2.39. The van der Waals surface area contributed by atoms with Crippen LogP contribution in [0.15, 0.2) is 18.5 Å². The molecular formula is C17H21N3O4. The highest BCUT2D eigenvalue weighted by Crippen LogP contribution is 2.29. The second kappa shape index (κ2) is 6.98. The zero-order valence-electron chi connectivity index (χ0n) is 13.3. The maximum Gasteiger partial charge on any atom is 0.306 e. The summed E-state index contributed by atoms with van der Waals surface area (Å²) < 4.78 is 0. The number of hydrogen-bond donors (Lipinski definition) is 3. The number of imide groups is 1. The predicted molar refractivity (Wildman–Crippen MR) is 86.4 cm³/mol. The summed E-state index contributed by atoms with van der Waals surface area (Å²) in [5, 5.41) is 14.8. The van der Waals surface area contributed by atoms with Crippen LogP contribution in [-0.4, -0.2) is 33.9 Å². The van der Waals surface area contributed by atoms with Gasteiger partial charge in [0, 0.05) is 24.9 Å². The number of carbonyl (C=O) groups is 3. The quantitative estimate of drug-likeness (QED) is 0.724. The highest BCUT2D eigenvalue weighted by Gasteiger charge is 2.29. The van der Waals surface area contributed by atoms with E-state index in [0.717, 1.165) is 24.1 Å². The van der Waals surface area contributed by atoms with Gasteiger partial charge in [-0.05, 0) is 43.7 Å². The summed E-state index contributed by atoms with van der Waals surface area (Å²) >= 11 is 0.